The van der Waals surface area contributed by atoms with Gasteiger partial charge in [-0.25, -0.2) is 9.07 Å². The van der Waals surface area contributed by atoms with Crippen molar-refractivity contribution in [1.82, 2.24) is 15.1 Å². The highest BCUT2D eigenvalue weighted by Gasteiger charge is 2.23. The van der Waals surface area contributed by atoms with Crippen LogP contribution in [0.5, 0.6) is 0 Å². The molecule has 0 radical (unpaired) electrons. The van der Waals surface area contributed by atoms with E-state index in [1.54, 1.807) is 24.3 Å². The Kier molecular flexibility index (Phi) is 5.60. The highest BCUT2D eigenvalue weighted by atomic mass is 35.5. The zero-order valence-corrected chi connectivity index (χ0v) is 15.1. The first-order valence-electron chi connectivity index (χ1n) is 8.21. The largest absolute Gasteiger partial charge is 0.481 e. The summed E-state index contributed by atoms with van der Waals surface area (Å²) in [6.07, 6.45) is -0.526. The van der Waals surface area contributed by atoms with Gasteiger partial charge in [-0.3, -0.25) is 19.5 Å². The van der Waals surface area contributed by atoms with E-state index in [2.05, 4.69) is 10.4 Å². The van der Waals surface area contributed by atoms with Gasteiger partial charge in [-0.05, 0) is 18.2 Å². The minimum Gasteiger partial charge on any atom is -0.481 e. The third-order valence-electron chi connectivity index (χ3n) is 4.02. The SMILES string of the molecule is O=C(O)CC(NC(=O)c1cc(=O)n(-c2ccccc2Cl)[nH]1)c1ccccc1F. The molecule has 0 spiro atoms. The zero-order chi connectivity index (χ0) is 20.3. The van der Waals surface area contributed by atoms with Gasteiger partial charge in [-0.1, -0.05) is 41.9 Å². The maximum atomic E-state index is 14.1. The lowest BCUT2D eigenvalue weighted by atomic mass is 10.0. The Morgan fingerprint density at radius 2 is 1.86 bits per heavy atom. The van der Waals surface area contributed by atoms with Crippen LogP contribution in [0.1, 0.15) is 28.5 Å². The van der Waals surface area contributed by atoms with Crippen LogP contribution in [-0.4, -0.2) is 26.8 Å². The lowest BCUT2D eigenvalue weighted by molar-refractivity contribution is -0.137. The quantitative estimate of drug-likeness (QED) is 0.588. The van der Waals surface area contributed by atoms with E-state index in [-0.39, 0.29) is 11.3 Å². The summed E-state index contributed by atoms with van der Waals surface area (Å²) in [5, 5.41) is 14.5. The predicted molar refractivity (Wildman–Crippen MR) is 100 cm³/mol. The zero-order valence-electron chi connectivity index (χ0n) is 14.4. The summed E-state index contributed by atoms with van der Waals surface area (Å²) < 4.78 is 15.1. The topological polar surface area (TPSA) is 104 Å². The summed E-state index contributed by atoms with van der Waals surface area (Å²) in [5.41, 5.74) is -0.258. The van der Waals surface area contributed by atoms with Crippen molar-refractivity contribution in [2.75, 3.05) is 0 Å². The number of hydrogen-bond donors (Lipinski definition) is 3. The third-order valence-corrected chi connectivity index (χ3v) is 4.34. The number of rotatable bonds is 6. The number of nitrogens with zero attached hydrogens (tertiary/aromatic N) is 1. The molecule has 3 aromatic rings. The Morgan fingerprint density at radius 3 is 2.54 bits per heavy atom. The second kappa shape index (κ2) is 8.10. The number of carbonyl (C=O) groups is 2. The van der Waals surface area contributed by atoms with Crippen molar-refractivity contribution in [3.05, 3.63) is 87.0 Å². The summed E-state index contributed by atoms with van der Waals surface area (Å²) in [4.78, 5) is 35.9. The van der Waals surface area contributed by atoms with Crippen molar-refractivity contribution in [3.8, 4) is 5.69 Å². The van der Waals surface area contributed by atoms with Gasteiger partial charge in [0.15, 0.2) is 0 Å². The normalized spacial score (nSPS) is 11.8. The lowest BCUT2D eigenvalue weighted by Gasteiger charge is -2.17. The number of aliphatic carboxylic acids is 1. The Hall–Kier alpha value is -3.39. The Morgan fingerprint density at radius 1 is 1.18 bits per heavy atom. The van der Waals surface area contributed by atoms with E-state index >= 15 is 0 Å². The van der Waals surface area contributed by atoms with Crippen LogP contribution in [0.25, 0.3) is 5.69 Å². The average molecular weight is 404 g/mol. The second-order valence-corrected chi connectivity index (χ2v) is 6.35. The highest BCUT2D eigenvalue weighted by molar-refractivity contribution is 6.32. The van der Waals surface area contributed by atoms with Crippen molar-refractivity contribution >= 4 is 23.5 Å². The maximum Gasteiger partial charge on any atom is 0.305 e. The monoisotopic (exact) mass is 403 g/mol. The first-order valence-corrected chi connectivity index (χ1v) is 8.58. The van der Waals surface area contributed by atoms with Crippen LogP contribution in [0.15, 0.2) is 59.4 Å². The van der Waals surface area contributed by atoms with Crippen LogP contribution < -0.4 is 10.9 Å². The van der Waals surface area contributed by atoms with Crippen molar-refractivity contribution in [1.29, 1.82) is 0 Å². The number of amides is 1. The van der Waals surface area contributed by atoms with Crippen LogP contribution in [0, 0.1) is 5.82 Å². The fraction of sp³-hybridized carbons (Fsp3) is 0.105. The number of carbonyl (C=O) groups excluding carboxylic acids is 1. The van der Waals surface area contributed by atoms with Gasteiger partial charge in [0.2, 0.25) is 0 Å². The lowest BCUT2D eigenvalue weighted by Crippen LogP contribution is -2.31. The van der Waals surface area contributed by atoms with Gasteiger partial charge in [0, 0.05) is 11.6 Å². The van der Waals surface area contributed by atoms with E-state index in [0.717, 1.165) is 10.7 Å². The summed E-state index contributed by atoms with van der Waals surface area (Å²) in [7, 11) is 0. The fourth-order valence-electron chi connectivity index (χ4n) is 2.73. The molecule has 0 saturated carbocycles. The molecule has 1 atom stereocenters. The first kappa shape index (κ1) is 19.4. The van der Waals surface area contributed by atoms with E-state index < -0.39 is 35.7 Å². The van der Waals surface area contributed by atoms with E-state index in [1.807, 2.05) is 0 Å². The summed E-state index contributed by atoms with van der Waals surface area (Å²) in [6.45, 7) is 0. The number of carboxylic acid groups (broad SMARTS) is 1. The van der Waals surface area contributed by atoms with Gasteiger partial charge < -0.3 is 10.4 Å². The maximum absolute atomic E-state index is 14.1. The Bertz CT molecular complexity index is 1090. The number of halogens is 2. The molecule has 1 heterocycles. The van der Waals surface area contributed by atoms with E-state index in [9.17, 15) is 18.8 Å². The standard InChI is InChI=1S/C19H15ClFN3O4/c20-12-6-2-4-8-16(12)24-17(25)9-15(23-24)19(28)22-14(10-18(26)27)11-5-1-3-7-13(11)21/h1-9,14,23H,10H2,(H,22,28)(H,26,27). The molecule has 9 heteroatoms. The first-order chi connectivity index (χ1) is 13.4. The molecule has 0 aliphatic rings. The fourth-order valence-corrected chi connectivity index (χ4v) is 2.95. The van der Waals surface area contributed by atoms with E-state index in [1.165, 1.54) is 24.3 Å². The number of aromatic amines is 1. The predicted octanol–water partition coefficient (Wildman–Crippen LogP) is 2.90. The van der Waals surface area contributed by atoms with Crippen LogP contribution in [-0.2, 0) is 4.79 Å². The van der Waals surface area contributed by atoms with Crippen molar-refractivity contribution < 1.29 is 19.1 Å². The van der Waals surface area contributed by atoms with Crippen LogP contribution in [0.4, 0.5) is 4.39 Å². The molecule has 0 aliphatic heterocycles. The van der Waals surface area contributed by atoms with Crippen molar-refractivity contribution in [2.45, 2.75) is 12.5 Å². The van der Waals surface area contributed by atoms with Gasteiger partial charge in [-0.2, -0.15) is 0 Å². The van der Waals surface area contributed by atoms with Crippen LogP contribution >= 0.6 is 11.6 Å². The molecule has 3 rings (SSSR count). The second-order valence-electron chi connectivity index (χ2n) is 5.94. The molecule has 7 nitrogen and oxygen atoms in total. The molecule has 1 aromatic heterocycles. The molecule has 1 unspecified atom stereocenters. The minimum absolute atomic E-state index is 0.0335. The number of aromatic nitrogens is 2. The third kappa shape index (κ3) is 4.12. The molecule has 0 bridgehead atoms. The Labute approximate surface area is 163 Å². The number of benzene rings is 2. The van der Waals surface area contributed by atoms with E-state index in [0.29, 0.717) is 10.7 Å². The highest BCUT2D eigenvalue weighted by Crippen LogP contribution is 2.21. The number of nitrogens with one attached hydrogen (secondary N) is 2. The van der Waals surface area contributed by atoms with Gasteiger partial charge in [-0.15, -0.1) is 0 Å². The molecule has 0 aliphatic carbocycles. The summed E-state index contributed by atoms with van der Waals surface area (Å²) >= 11 is 6.07. The van der Waals surface area contributed by atoms with Crippen molar-refractivity contribution in [2.24, 2.45) is 0 Å². The molecule has 1 amide bonds. The Balaban J connectivity index is 1.90. The number of carboxylic acids is 1. The summed E-state index contributed by atoms with van der Waals surface area (Å²) in [6, 6.07) is 12.0. The van der Waals surface area contributed by atoms with Gasteiger partial charge in [0.05, 0.1) is 23.2 Å². The molecular formula is C19H15ClFN3O4. The van der Waals surface area contributed by atoms with Gasteiger partial charge in [0.25, 0.3) is 11.5 Å². The molecule has 144 valence electrons. The molecule has 3 N–H and O–H groups in total. The minimum atomic E-state index is -1.21. The van der Waals surface area contributed by atoms with Crippen molar-refractivity contribution in [3.63, 3.8) is 0 Å². The van der Waals surface area contributed by atoms with Gasteiger partial charge in [0.1, 0.15) is 11.5 Å². The van der Waals surface area contributed by atoms with Crippen LogP contribution in [0.3, 0.4) is 0 Å². The smallest absolute Gasteiger partial charge is 0.305 e. The summed E-state index contributed by atoms with van der Waals surface area (Å²) in [5.74, 6) is -2.61. The van der Waals surface area contributed by atoms with Crippen LogP contribution in [0.2, 0.25) is 5.02 Å². The molecule has 28 heavy (non-hydrogen) atoms. The molecule has 0 saturated heterocycles. The molecular weight excluding hydrogens is 389 g/mol. The van der Waals surface area contributed by atoms with E-state index in [4.69, 9.17) is 16.7 Å². The molecule has 0 fully saturated rings. The number of hydrogen-bond acceptors (Lipinski definition) is 3. The molecule has 2 aromatic carbocycles. The van der Waals surface area contributed by atoms with Gasteiger partial charge >= 0.3 is 5.97 Å². The number of H-pyrrole nitrogens is 1. The number of para-hydroxylation sites is 1. The average Bonchev–Trinajstić information content (AvgIpc) is 3.03.